The molecule has 2 aromatic heterocycles. The van der Waals surface area contributed by atoms with Crippen LogP contribution in [0.2, 0.25) is 0 Å². The van der Waals surface area contributed by atoms with Gasteiger partial charge in [-0.15, -0.1) is 0 Å². The number of nitrogens with one attached hydrogen (secondary N) is 1. The lowest BCUT2D eigenvalue weighted by atomic mass is 10.1. The molecule has 5 nitrogen and oxygen atoms in total. The fourth-order valence-electron chi connectivity index (χ4n) is 1.98. The summed E-state index contributed by atoms with van der Waals surface area (Å²) < 4.78 is 47.8. The summed E-state index contributed by atoms with van der Waals surface area (Å²) in [5.74, 6) is 0.162. The molecule has 0 spiro atoms. The lowest BCUT2D eigenvalue weighted by Gasteiger charge is -2.06. The number of amides is 1. The molecule has 0 unspecified atom stereocenters. The van der Waals surface area contributed by atoms with Crippen molar-refractivity contribution in [2.45, 2.75) is 12.7 Å². The predicted molar refractivity (Wildman–Crippen MR) is 76.8 cm³/mol. The number of furan rings is 1. The van der Waals surface area contributed by atoms with Crippen LogP contribution in [0.1, 0.15) is 21.8 Å². The van der Waals surface area contributed by atoms with Gasteiger partial charge in [-0.05, 0) is 36.4 Å². The van der Waals surface area contributed by atoms with E-state index in [0.717, 1.165) is 18.4 Å². The molecule has 24 heavy (non-hydrogen) atoms. The van der Waals surface area contributed by atoms with Crippen molar-refractivity contribution in [3.63, 3.8) is 0 Å². The highest BCUT2D eigenvalue weighted by atomic mass is 19.4. The molecular weight excluding hydrogens is 325 g/mol. The second-order valence-corrected chi connectivity index (χ2v) is 4.88. The van der Waals surface area contributed by atoms with E-state index >= 15 is 0 Å². The summed E-state index contributed by atoms with van der Waals surface area (Å²) in [4.78, 5) is 15.9. The van der Waals surface area contributed by atoms with Gasteiger partial charge in [0.1, 0.15) is 12.0 Å². The first-order chi connectivity index (χ1) is 11.4. The van der Waals surface area contributed by atoms with E-state index in [1.165, 1.54) is 18.4 Å². The zero-order valence-electron chi connectivity index (χ0n) is 12.1. The average Bonchev–Trinajstić information content (AvgIpc) is 3.23. The number of carbonyl (C=O) groups excluding carboxylic acids is 1. The van der Waals surface area contributed by atoms with Crippen LogP contribution in [-0.4, -0.2) is 10.9 Å². The largest absolute Gasteiger partial charge is 0.467 e. The SMILES string of the molecule is O=C(NCc1ccco1)c1coc(-c2ccc(C(F)(F)F)cc2)n1. The standard InChI is InChI=1S/C16H11F3N2O3/c17-16(18,19)11-5-3-10(4-6-11)15-21-13(9-24-15)14(22)20-8-12-2-1-7-23-12/h1-7,9H,8H2,(H,20,22). The molecule has 8 heteroatoms. The fourth-order valence-corrected chi connectivity index (χ4v) is 1.98. The molecule has 0 bridgehead atoms. The van der Waals surface area contributed by atoms with Crippen LogP contribution < -0.4 is 5.32 Å². The van der Waals surface area contributed by atoms with Gasteiger partial charge in [-0.1, -0.05) is 0 Å². The molecule has 1 aromatic carbocycles. The van der Waals surface area contributed by atoms with Crippen LogP contribution >= 0.6 is 0 Å². The summed E-state index contributed by atoms with van der Waals surface area (Å²) in [5.41, 5.74) is -0.404. The van der Waals surface area contributed by atoms with Crippen LogP contribution in [0.25, 0.3) is 11.5 Å². The Labute approximate surface area is 134 Å². The fraction of sp³-hybridized carbons (Fsp3) is 0.125. The Balaban J connectivity index is 1.69. The summed E-state index contributed by atoms with van der Waals surface area (Å²) in [6.45, 7) is 0.189. The summed E-state index contributed by atoms with van der Waals surface area (Å²) >= 11 is 0. The number of rotatable bonds is 4. The van der Waals surface area contributed by atoms with E-state index in [1.807, 2.05) is 0 Å². The third-order valence-electron chi connectivity index (χ3n) is 3.20. The second kappa shape index (κ2) is 6.23. The van der Waals surface area contributed by atoms with Crippen LogP contribution in [0.15, 0.2) is 57.8 Å². The molecule has 3 aromatic rings. The van der Waals surface area contributed by atoms with E-state index in [1.54, 1.807) is 12.1 Å². The Morgan fingerprint density at radius 1 is 1.12 bits per heavy atom. The molecule has 0 fully saturated rings. The molecule has 0 saturated heterocycles. The topological polar surface area (TPSA) is 68.3 Å². The van der Waals surface area contributed by atoms with Crippen LogP contribution in [0, 0.1) is 0 Å². The van der Waals surface area contributed by atoms with Crippen molar-refractivity contribution < 1.29 is 26.8 Å². The Morgan fingerprint density at radius 3 is 2.50 bits per heavy atom. The van der Waals surface area contributed by atoms with Gasteiger partial charge in [0.2, 0.25) is 5.89 Å². The number of halogens is 3. The Hall–Kier alpha value is -3.03. The zero-order valence-corrected chi connectivity index (χ0v) is 12.1. The third kappa shape index (κ3) is 3.48. The first-order valence-electron chi connectivity index (χ1n) is 6.87. The molecule has 0 aliphatic carbocycles. The lowest BCUT2D eigenvalue weighted by molar-refractivity contribution is -0.137. The number of alkyl halides is 3. The van der Waals surface area contributed by atoms with Gasteiger partial charge in [0.25, 0.3) is 5.91 Å². The van der Waals surface area contributed by atoms with Gasteiger partial charge < -0.3 is 14.2 Å². The summed E-state index contributed by atoms with van der Waals surface area (Å²) in [5, 5.41) is 2.59. The van der Waals surface area contributed by atoms with E-state index in [2.05, 4.69) is 10.3 Å². The normalized spacial score (nSPS) is 11.5. The van der Waals surface area contributed by atoms with E-state index in [9.17, 15) is 18.0 Å². The van der Waals surface area contributed by atoms with Gasteiger partial charge in [-0.2, -0.15) is 13.2 Å². The molecule has 0 saturated carbocycles. The minimum atomic E-state index is -4.41. The molecule has 124 valence electrons. The highest BCUT2D eigenvalue weighted by molar-refractivity contribution is 5.92. The van der Waals surface area contributed by atoms with Crippen molar-refractivity contribution in [1.82, 2.24) is 10.3 Å². The van der Waals surface area contributed by atoms with Gasteiger partial charge in [-0.25, -0.2) is 4.98 Å². The highest BCUT2D eigenvalue weighted by Gasteiger charge is 2.30. The average molecular weight is 336 g/mol. The quantitative estimate of drug-likeness (QED) is 0.785. The molecule has 0 radical (unpaired) electrons. The number of hydrogen-bond acceptors (Lipinski definition) is 4. The van der Waals surface area contributed by atoms with Gasteiger partial charge in [0.05, 0.1) is 18.4 Å². The van der Waals surface area contributed by atoms with Gasteiger partial charge >= 0.3 is 6.18 Å². The molecule has 0 atom stereocenters. The van der Waals surface area contributed by atoms with Crippen LogP contribution in [0.5, 0.6) is 0 Å². The Bertz CT molecular complexity index is 821. The molecule has 0 aliphatic heterocycles. The van der Waals surface area contributed by atoms with E-state index in [-0.39, 0.29) is 18.1 Å². The molecular formula is C16H11F3N2O3. The van der Waals surface area contributed by atoms with Gasteiger partial charge in [0, 0.05) is 5.56 Å². The number of hydrogen-bond donors (Lipinski definition) is 1. The van der Waals surface area contributed by atoms with Crippen molar-refractivity contribution in [2.75, 3.05) is 0 Å². The first kappa shape index (κ1) is 15.9. The van der Waals surface area contributed by atoms with Crippen molar-refractivity contribution in [1.29, 1.82) is 0 Å². The van der Waals surface area contributed by atoms with Crippen molar-refractivity contribution in [2.24, 2.45) is 0 Å². The van der Waals surface area contributed by atoms with E-state index in [4.69, 9.17) is 8.83 Å². The molecule has 0 aliphatic rings. The van der Waals surface area contributed by atoms with Gasteiger partial charge in [0.15, 0.2) is 5.69 Å². The van der Waals surface area contributed by atoms with E-state index in [0.29, 0.717) is 11.3 Å². The maximum atomic E-state index is 12.5. The smallest absolute Gasteiger partial charge is 0.416 e. The highest BCUT2D eigenvalue weighted by Crippen LogP contribution is 2.30. The Morgan fingerprint density at radius 2 is 1.88 bits per heavy atom. The molecule has 3 rings (SSSR count). The molecule has 1 N–H and O–H groups in total. The first-order valence-corrected chi connectivity index (χ1v) is 6.87. The Kier molecular flexibility index (Phi) is 4.11. The van der Waals surface area contributed by atoms with E-state index < -0.39 is 17.6 Å². The second-order valence-electron chi connectivity index (χ2n) is 4.88. The van der Waals surface area contributed by atoms with Crippen molar-refractivity contribution >= 4 is 5.91 Å². The number of benzene rings is 1. The number of nitrogens with zero attached hydrogens (tertiary/aromatic N) is 1. The predicted octanol–water partition coefficient (Wildman–Crippen LogP) is 3.88. The monoisotopic (exact) mass is 336 g/mol. The summed E-state index contributed by atoms with van der Waals surface area (Å²) in [7, 11) is 0. The molecule has 2 heterocycles. The maximum Gasteiger partial charge on any atom is 0.416 e. The minimum Gasteiger partial charge on any atom is -0.467 e. The molecule has 1 amide bonds. The van der Waals surface area contributed by atoms with Crippen LogP contribution in [-0.2, 0) is 12.7 Å². The van der Waals surface area contributed by atoms with Crippen LogP contribution in [0.4, 0.5) is 13.2 Å². The van der Waals surface area contributed by atoms with Crippen LogP contribution in [0.3, 0.4) is 0 Å². The minimum absolute atomic E-state index is 0.0245. The third-order valence-corrected chi connectivity index (χ3v) is 3.20. The van der Waals surface area contributed by atoms with Gasteiger partial charge in [-0.3, -0.25) is 4.79 Å². The lowest BCUT2D eigenvalue weighted by Crippen LogP contribution is -2.22. The maximum absolute atomic E-state index is 12.5. The number of aromatic nitrogens is 1. The summed E-state index contributed by atoms with van der Waals surface area (Å²) in [6, 6.07) is 7.72. The number of carbonyl (C=O) groups is 1. The number of oxazole rings is 1. The summed E-state index contributed by atoms with van der Waals surface area (Å²) in [6.07, 6.45) is -1.78. The zero-order chi connectivity index (χ0) is 17.2. The van der Waals surface area contributed by atoms with Crippen molar-refractivity contribution in [3.05, 3.63) is 65.9 Å². The van der Waals surface area contributed by atoms with Crippen molar-refractivity contribution in [3.8, 4) is 11.5 Å².